The summed E-state index contributed by atoms with van der Waals surface area (Å²) in [5.41, 5.74) is 8.78. The SMILES string of the molecule is COc1ccc(OC)c(NC(N)=NCc2cc3ccccc3[nH]2)c1.I. The lowest BCUT2D eigenvalue weighted by molar-refractivity contribution is 0.405. The van der Waals surface area contributed by atoms with Crippen LogP contribution in [0.1, 0.15) is 5.69 Å². The molecule has 0 unspecified atom stereocenters. The first kappa shape index (κ1) is 18.9. The second-order valence-corrected chi connectivity index (χ2v) is 5.27. The van der Waals surface area contributed by atoms with Gasteiger partial charge in [-0.3, -0.25) is 0 Å². The number of ether oxygens (including phenoxy) is 2. The Morgan fingerprint density at radius 1 is 1.12 bits per heavy atom. The minimum absolute atomic E-state index is 0. The van der Waals surface area contributed by atoms with Crippen LogP contribution in [0.5, 0.6) is 11.5 Å². The Kier molecular flexibility index (Phi) is 6.51. The molecule has 0 aliphatic rings. The lowest BCUT2D eigenvalue weighted by atomic mass is 10.2. The average Bonchev–Trinajstić information content (AvgIpc) is 3.03. The van der Waals surface area contributed by atoms with Crippen LogP contribution in [0.4, 0.5) is 5.69 Å². The molecular weight excluding hydrogens is 431 g/mol. The fourth-order valence-corrected chi connectivity index (χ4v) is 2.48. The molecule has 0 saturated heterocycles. The number of nitrogens with one attached hydrogen (secondary N) is 2. The highest BCUT2D eigenvalue weighted by molar-refractivity contribution is 14.0. The standard InChI is InChI=1S/C18H20N4O2.HI/c1-23-14-7-8-17(24-2)16(10-14)22-18(19)20-11-13-9-12-5-3-4-6-15(12)21-13;/h3-10,21H,11H2,1-2H3,(H3,19,20,22);1H. The van der Waals surface area contributed by atoms with Gasteiger partial charge < -0.3 is 25.5 Å². The minimum Gasteiger partial charge on any atom is -0.497 e. The van der Waals surface area contributed by atoms with Crippen LogP contribution >= 0.6 is 24.0 Å². The summed E-state index contributed by atoms with van der Waals surface area (Å²) < 4.78 is 10.5. The van der Waals surface area contributed by atoms with E-state index in [-0.39, 0.29) is 24.0 Å². The molecule has 25 heavy (non-hydrogen) atoms. The quantitative estimate of drug-likeness (QED) is 0.313. The predicted octanol–water partition coefficient (Wildman–Crippen LogP) is 3.73. The molecule has 1 aromatic heterocycles. The molecule has 0 radical (unpaired) electrons. The summed E-state index contributed by atoms with van der Waals surface area (Å²) in [6.07, 6.45) is 0. The first-order valence-corrected chi connectivity index (χ1v) is 7.55. The van der Waals surface area contributed by atoms with Crippen LogP contribution in [0.3, 0.4) is 0 Å². The normalized spacial score (nSPS) is 11.0. The van der Waals surface area contributed by atoms with Crippen LogP contribution in [0.2, 0.25) is 0 Å². The van der Waals surface area contributed by atoms with E-state index in [1.165, 1.54) is 0 Å². The summed E-state index contributed by atoms with van der Waals surface area (Å²) in [5.74, 6) is 1.68. The molecule has 0 saturated carbocycles. The number of anilines is 1. The van der Waals surface area contributed by atoms with Crippen LogP contribution < -0.4 is 20.5 Å². The van der Waals surface area contributed by atoms with Gasteiger partial charge >= 0.3 is 0 Å². The van der Waals surface area contributed by atoms with Gasteiger partial charge in [-0.1, -0.05) is 18.2 Å². The molecule has 3 rings (SSSR count). The fraction of sp³-hybridized carbons (Fsp3) is 0.167. The first-order chi connectivity index (χ1) is 11.7. The number of nitrogens with two attached hydrogens (primary N) is 1. The van der Waals surface area contributed by atoms with Gasteiger partial charge in [-0.2, -0.15) is 0 Å². The maximum absolute atomic E-state index is 5.99. The minimum atomic E-state index is 0. The zero-order chi connectivity index (χ0) is 16.9. The van der Waals surface area contributed by atoms with E-state index < -0.39 is 0 Å². The van der Waals surface area contributed by atoms with E-state index in [2.05, 4.69) is 27.4 Å². The van der Waals surface area contributed by atoms with E-state index in [0.717, 1.165) is 16.6 Å². The Morgan fingerprint density at radius 2 is 1.92 bits per heavy atom. The number of aliphatic imine (C=N–C) groups is 1. The summed E-state index contributed by atoms with van der Waals surface area (Å²) >= 11 is 0. The van der Waals surface area contributed by atoms with Gasteiger partial charge in [0.2, 0.25) is 0 Å². The molecule has 0 atom stereocenters. The van der Waals surface area contributed by atoms with Gasteiger partial charge in [0.05, 0.1) is 26.5 Å². The van der Waals surface area contributed by atoms with Gasteiger partial charge in [0.15, 0.2) is 5.96 Å². The summed E-state index contributed by atoms with van der Waals surface area (Å²) in [5, 5.41) is 4.21. The summed E-state index contributed by atoms with van der Waals surface area (Å²) in [6.45, 7) is 0.458. The summed E-state index contributed by atoms with van der Waals surface area (Å²) in [7, 11) is 3.21. The predicted molar refractivity (Wildman–Crippen MR) is 112 cm³/mol. The van der Waals surface area contributed by atoms with Crippen molar-refractivity contribution in [3.8, 4) is 11.5 Å². The molecule has 0 spiro atoms. The van der Waals surface area contributed by atoms with Crippen LogP contribution in [-0.2, 0) is 6.54 Å². The number of hydrogen-bond donors (Lipinski definition) is 3. The number of fused-ring (bicyclic) bond motifs is 1. The van der Waals surface area contributed by atoms with E-state index in [1.807, 2.05) is 36.4 Å². The van der Waals surface area contributed by atoms with Gasteiger partial charge in [-0.15, -0.1) is 24.0 Å². The van der Waals surface area contributed by atoms with E-state index in [0.29, 0.717) is 29.7 Å². The van der Waals surface area contributed by atoms with Gasteiger partial charge in [0.25, 0.3) is 0 Å². The summed E-state index contributed by atoms with van der Waals surface area (Å²) in [6, 6.07) is 15.6. The van der Waals surface area contributed by atoms with Crippen LogP contribution in [0.25, 0.3) is 10.9 Å². The topological polar surface area (TPSA) is 84.7 Å². The van der Waals surface area contributed by atoms with Crippen LogP contribution in [0, 0.1) is 0 Å². The van der Waals surface area contributed by atoms with Crippen molar-refractivity contribution in [1.82, 2.24) is 4.98 Å². The lowest BCUT2D eigenvalue weighted by Crippen LogP contribution is -2.23. The van der Waals surface area contributed by atoms with Crippen molar-refractivity contribution in [2.24, 2.45) is 10.7 Å². The number of nitrogens with zero attached hydrogens (tertiary/aromatic N) is 1. The third-order valence-corrected chi connectivity index (χ3v) is 3.67. The zero-order valence-electron chi connectivity index (χ0n) is 14.1. The van der Waals surface area contributed by atoms with Crippen molar-refractivity contribution >= 4 is 46.5 Å². The van der Waals surface area contributed by atoms with Gasteiger partial charge in [-0.25, -0.2) is 4.99 Å². The van der Waals surface area contributed by atoms with Crippen molar-refractivity contribution in [2.45, 2.75) is 6.54 Å². The van der Waals surface area contributed by atoms with E-state index >= 15 is 0 Å². The molecule has 132 valence electrons. The van der Waals surface area contributed by atoms with Gasteiger partial charge in [0, 0.05) is 17.3 Å². The number of H-pyrrole nitrogens is 1. The second kappa shape index (κ2) is 8.61. The Balaban J connectivity index is 0.00000225. The molecule has 1 heterocycles. The molecule has 2 aromatic carbocycles. The second-order valence-electron chi connectivity index (χ2n) is 5.27. The first-order valence-electron chi connectivity index (χ1n) is 7.55. The highest BCUT2D eigenvalue weighted by atomic mass is 127. The largest absolute Gasteiger partial charge is 0.497 e. The van der Waals surface area contributed by atoms with Crippen LogP contribution in [0.15, 0.2) is 53.5 Å². The van der Waals surface area contributed by atoms with Crippen molar-refractivity contribution in [3.63, 3.8) is 0 Å². The van der Waals surface area contributed by atoms with Crippen LogP contribution in [-0.4, -0.2) is 25.2 Å². The molecule has 0 fully saturated rings. The smallest absolute Gasteiger partial charge is 0.193 e. The number of hydrogen-bond acceptors (Lipinski definition) is 3. The summed E-state index contributed by atoms with van der Waals surface area (Å²) in [4.78, 5) is 7.69. The lowest BCUT2D eigenvalue weighted by Gasteiger charge is -2.12. The third kappa shape index (κ3) is 4.56. The molecule has 6 nitrogen and oxygen atoms in total. The number of guanidine groups is 1. The van der Waals surface area contributed by atoms with Gasteiger partial charge in [0.1, 0.15) is 11.5 Å². The van der Waals surface area contributed by atoms with Crippen molar-refractivity contribution in [3.05, 3.63) is 54.2 Å². The number of para-hydroxylation sites is 1. The molecule has 0 aliphatic heterocycles. The number of aromatic nitrogens is 1. The number of benzene rings is 2. The molecule has 0 aliphatic carbocycles. The number of methoxy groups -OCH3 is 2. The Morgan fingerprint density at radius 3 is 2.64 bits per heavy atom. The third-order valence-electron chi connectivity index (χ3n) is 3.67. The van der Waals surface area contributed by atoms with Crippen molar-refractivity contribution in [2.75, 3.05) is 19.5 Å². The molecule has 0 bridgehead atoms. The zero-order valence-corrected chi connectivity index (χ0v) is 16.4. The molecule has 0 amide bonds. The maximum atomic E-state index is 5.99. The van der Waals surface area contributed by atoms with E-state index in [9.17, 15) is 0 Å². The highest BCUT2D eigenvalue weighted by Gasteiger charge is 2.06. The number of rotatable bonds is 5. The Labute approximate surface area is 163 Å². The molecule has 4 N–H and O–H groups in total. The van der Waals surface area contributed by atoms with Crippen molar-refractivity contribution < 1.29 is 9.47 Å². The average molecular weight is 452 g/mol. The number of aromatic amines is 1. The highest BCUT2D eigenvalue weighted by Crippen LogP contribution is 2.28. The van der Waals surface area contributed by atoms with E-state index in [4.69, 9.17) is 15.2 Å². The molecule has 7 heteroatoms. The van der Waals surface area contributed by atoms with Gasteiger partial charge in [-0.05, 0) is 29.7 Å². The fourth-order valence-electron chi connectivity index (χ4n) is 2.48. The molecule has 3 aromatic rings. The monoisotopic (exact) mass is 452 g/mol. The number of halogens is 1. The van der Waals surface area contributed by atoms with E-state index in [1.54, 1.807) is 14.2 Å². The maximum Gasteiger partial charge on any atom is 0.193 e. The Bertz CT molecular complexity index is 843. The van der Waals surface area contributed by atoms with Crippen molar-refractivity contribution in [1.29, 1.82) is 0 Å². The Hall–Kier alpha value is -2.42. The molecular formula is C18H21IN4O2.